The molecule has 0 aliphatic rings. The Bertz CT molecular complexity index is 712. The molecule has 4 heteroatoms. The van der Waals surface area contributed by atoms with E-state index >= 15 is 0 Å². The maximum atomic E-state index is 9.42. The Labute approximate surface area is 130 Å². The van der Waals surface area contributed by atoms with E-state index in [9.17, 15) is 5.26 Å². The third-order valence-corrected chi connectivity index (χ3v) is 3.24. The van der Waals surface area contributed by atoms with Crippen molar-refractivity contribution >= 4 is 11.6 Å². The minimum Gasteiger partial charge on any atom is -0.497 e. The standard InChI is InChI=1S/C18H17NO3/c1-20-16-7-4-13(5-8-16)10-15(12-19)14-6-9-17(21-2)18(11-14)22-3/h4-11H,1-3H3/b15-10+. The first kappa shape index (κ1) is 15.5. The molecule has 22 heavy (non-hydrogen) atoms. The first-order valence-electron chi connectivity index (χ1n) is 6.70. The van der Waals surface area contributed by atoms with E-state index in [2.05, 4.69) is 6.07 Å². The van der Waals surface area contributed by atoms with E-state index in [1.807, 2.05) is 36.4 Å². The van der Waals surface area contributed by atoms with Crippen molar-refractivity contribution in [2.45, 2.75) is 0 Å². The van der Waals surface area contributed by atoms with Crippen molar-refractivity contribution < 1.29 is 14.2 Å². The lowest BCUT2D eigenvalue weighted by Gasteiger charge is -2.09. The second-order valence-electron chi connectivity index (χ2n) is 4.51. The number of ether oxygens (including phenoxy) is 3. The molecule has 0 radical (unpaired) electrons. The molecule has 0 aromatic heterocycles. The lowest BCUT2D eigenvalue weighted by Crippen LogP contribution is -1.92. The van der Waals surface area contributed by atoms with Gasteiger partial charge in [0.05, 0.1) is 33.0 Å². The van der Waals surface area contributed by atoms with Crippen molar-refractivity contribution in [1.29, 1.82) is 5.26 Å². The fraction of sp³-hybridized carbons (Fsp3) is 0.167. The van der Waals surface area contributed by atoms with Crippen LogP contribution in [0.1, 0.15) is 11.1 Å². The highest BCUT2D eigenvalue weighted by Crippen LogP contribution is 2.31. The van der Waals surface area contributed by atoms with E-state index in [4.69, 9.17) is 14.2 Å². The number of benzene rings is 2. The Morgan fingerprint density at radius 3 is 2.14 bits per heavy atom. The number of rotatable bonds is 5. The molecule has 0 aliphatic heterocycles. The van der Waals surface area contributed by atoms with Gasteiger partial charge in [-0.05, 0) is 47.5 Å². The van der Waals surface area contributed by atoms with Crippen LogP contribution in [0.3, 0.4) is 0 Å². The van der Waals surface area contributed by atoms with Crippen molar-refractivity contribution in [2.24, 2.45) is 0 Å². The molecule has 0 N–H and O–H groups in total. The average molecular weight is 295 g/mol. The molecule has 0 spiro atoms. The predicted molar refractivity (Wildman–Crippen MR) is 86.0 cm³/mol. The van der Waals surface area contributed by atoms with E-state index in [1.165, 1.54) is 0 Å². The number of nitrogens with zero attached hydrogens (tertiary/aromatic N) is 1. The first-order valence-corrected chi connectivity index (χ1v) is 6.70. The van der Waals surface area contributed by atoms with Gasteiger partial charge >= 0.3 is 0 Å². The molecule has 2 aromatic carbocycles. The second kappa shape index (κ2) is 7.19. The molecule has 0 heterocycles. The van der Waals surface area contributed by atoms with Crippen LogP contribution in [0.25, 0.3) is 11.6 Å². The summed E-state index contributed by atoms with van der Waals surface area (Å²) in [5, 5.41) is 9.42. The number of nitriles is 1. The topological polar surface area (TPSA) is 51.5 Å². The molecule has 2 aromatic rings. The molecular weight excluding hydrogens is 278 g/mol. The molecule has 2 rings (SSSR count). The molecule has 0 atom stereocenters. The summed E-state index contributed by atoms with van der Waals surface area (Å²) in [4.78, 5) is 0. The summed E-state index contributed by atoms with van der Waals surface area (Å²) in [6, 6.07) is 15.1. The molecule has 0 saturated heterocycles. The van der Waals surface area contributed by atoms with Gasteiger partial charge in [-0.25, -0.2) is 0 Å². The van der Waals surface area contributed by atoms with Gasteiger partial charge in [-0.3, -0.25) is 0 Å². The van der Waals surface area contributed by atoms with Crippen LogP contribution < -0.4 is 14.2 Å². The Kier molecular flexibility index (Phi) is 5.05. The van der Waals surface area contributed by atoms with Gasteiger partial charge < -0.3 is 14.2 Å². The molecule has 0 saturated carbocycles. The zero-order valence-electron chi connectivity index (χ0n) is 12.8. The third-order valence-electron chi connectivity index (χ3n) is 3.24. The van der Waals surface area contributed by atoms with Gasteiger partial charge in [-0.1, -0.05) is 12.1 Å². The zero-order chi connectivity index (χ0) is 15.9. The minimum absolute atomic E-state index is 0.547. The van der Waals surface area contributed by atoms with Crippen molar-refractivity contribution in [3.63, 3.8) is 0 Å². The van der Waals surface area contributed by atoms with E-state index in [0.29, 0.717) is 17.1 Å². The summed E-state index contributed by atoms with van der Waals surface area (Å²) in [5.74, 6) is 2.01. The van der Waals surface area contributed by atoms with Crippen LogP contribution in [0.15, 0.2) is 42.5 Å². The number of hydrogen-bond acceptors (Lipinski definition) is 4. The minimum atomic E-state index is 0.547. The van der Waals surface area contributed by atoms with E-state index < -0.39 is 0 Å². The van der Waals surface area contributed by atoms with Crippen LogP contribution in [-0.2, 0) is 0 Å². The molecule has 112 valence electrons. The Balaban J connectivity index is 2.38. The van der Waals surface area contributed by atoms with Crippen LogP contribution in [0.4, 0.5) is 0 Å². The fourth-order valence-corrected chi connectivity index (χ4v) is 2.05. The molecular formula is C18H17NO3. The normalized spacial score (nSPS) is 10.7. The van der Waals surface area contributed by atoms with Crippen LogP contribution in [0.5, 0.6) is 17.2 Å². The van der Waals surface area contributed by atoms with Crippen LogP contribution in [0, 0.1) is 11.3 Å². The summed E-state index contributed by atoms with van der Waals surface area (Å²) in [6.07, 6.45) is 1.82. The Morgan fingerprint density at radius 2 is 1.59 bits per heavy atom. The second-order valence-corrected chi connectivity index (χ2v) is 4.51. The highest BCUT2D eigenvalue weighted by molar-refractivity contribution is 5.90. The van der Waals surface area contributed by atoms with Gasteiger partial charge in [-0.15, -0.1) is 0 Å². The largest absolute Gasteiger partial charge is 0.497 e. The van der Waals surface area contributed by atoms with Crippen LogP contribution >= 0.6 is 0 Å². The first-order chi connectivity index (χ1) is 10.7. The zero-order valence-corrected chi connectivity index (χ0v) is 12.8. The van der Waals surface area contributed by atoms with Gasteiger partial charge in [0.2, 0.25) is 0 Å². The van der Waals surface area contributed by atoms with E-state index in [0.717, 1.165) is 16.9 Å². The number of hydrogen-bond donors (Lipinski definition) is 0. The summed E-state index contributed by atoms with van der Waals surface area (Å²) >= 11 is 0. The number of allylic oxidation sites excluding steroid dienone is 1. The summed E-state index contributed by atoms with van der Waals surface area (Å²) in [5.41, 5.74) is 2.24. The fourth-order valence-electron chi connectivity index (χ4n) is 2.05. The smallest absolute Gasteiger partial charge is 0.161 e. The quantitative estimate of drug-likeness (QED) is 0.622. The van der Waals surface area contributed by atoms with Gasteiger partial charge in [0.15, 0.2) is 11.5 Å². The monoisotopic (exact) mass is 295 g/mol. The summed E-state index contributed by atoms with van der Waals surface area (Å²) in [6.45, 7) is 0. The maximum Gasteiger partial charge on any atom is 0.161 e. The van der Waals surface area contributed by atoms with Crippen LogP contribution in [-0.4, -0.2) is 21.3 Å². The lowest BCUT2D eigenvalue weighted by atomic mass is 10.0. The maximum absolute atomic E-state index is 9.42. The van der Waals surface area contributed by atoms with Crippen molar-refractivity contribution in [3.8, 4) is 23.3 Å². The molecule has 0 bridgehead atoms. The predicted octanol–water partition coefficient (Wildman–Crippen LogP) is 3.78. The van der Waals surface area contributed by atoms with Crippen molar-refractivity contribution in [3.05, 3.63) is 53.6 Å². The summed E-state index contributed by atoms with van der Waals surface area (Å²) < 4.78 is 15.6. The highest BCUT2D eigenvalue weighted by atomic mass is 16.5. The van der Waals surface area contributed by atoms with Gasteiger partial charge in [0.1, 0.15) is 5.75 Å². The number of methoxy groups -OCH3 is 3. The van der Waals surface area contributed by atoms with Crippen LogP contribution in [0.2, 0.25) is 0 Å². The van der Waals surface area contributed by atoms with E-state index in [1.54, 1.807) is 33.5 Å². The molecule has 0 aliphatic carbocycles. The lowest BCUT2D eigenvalue weighted by molar-refractivity contribution is 0.355. The SMILES string of the molecule is COc1ccc(/C=C(\C#N)c2ccc(OC)c(OC)c2)cc1. The van der Waals surface area contributed by atoms with Crippen molar-refractivity contribution in [2.75, 3.05) is 21.3 Å². The highest BCUT2D eigenvalue weighted by Gasteiger charge is 2.08. The van der Waals surface area contributed by atoms with Crippen molar-refractivity contribution in [1.82, 2.24) is 0 Å². The average Bonchev–Trinajstić information content (AvgIpc) is 2.59. The molecule has 0 amide bonds. The molecule has 4 nitrogen and oxygen atoms in total. The Morgan fingerprint density at radius 1 is 0.909 bits per heavy atom. The third kappa shape index (κ3) is 3.39. The van der Waals surface area contributed by atoms with E-state index in [-0.39, 0.29) is 0 Å². The summed E-state index contributed by atoms with van der Waals surface area (Å²) in [7, 11) is 4.77. The molecule has 0 fully saturated rings. The molecule has 0 unspecified atom stereocenters. The Hall–Kier alpha value is -2.93. The van der Waals surface area contributed by atoms with Gasteiger partial charge in [0, 0.05) is 0 Å². The van der Waals surface area contributed by atoms with Gasteiger partial charge in [0.25, 0.3) is 0 Å². The van der Waals surface area contributed by atoms with Gasteiger partial charge in [-0.2, -0.15) is 5.26 Å².